The van der Waals surface area contributed by atoms with Crippen molar-refractivity contribution in [3.63, 3.8) is 0 Å². The largest absolute Gasteiger partial charge is 0.447 e. The average molecular weight is 468 g/mol. The number of nitrogens with zero attached hydrogens (tertiary/aromatic N) is 3. The summed E-state index contributed by atoms with van der Waals surface area (Å²) < 4.78 is 20.2. The molecule has 7 nitrogen and oxygen atoms in total. The molecule has 1 aliphatic rings. The van der Waals surface area contributed by atoms with E-state index >= 15 is 0 Å². The third-order valence-electron chi connectivity index (χ3n) is 5.51. The highest BCUT2D eigenvalue weighted by Crippen LogP contribution is 2.28. The predicted octanol–water partition coefficient (Wildman–Crippen LogP) is 5.29. The van der Waals surface area contributed by atoms with Gasteiger partial charge >= 0.3 is 6.09 Å². The van der Waals surface area contributed by atoms with Crippen molar-refractivity contribution < 1.29 is 18.7 Å². The van der Waals surface area contributed by atoms with E-state index in [4.69, 9.17) is 4.74 Å². The first-order valence-electron chi connectivity index (χ1n) is 11.0. The van der Waals surface area contributed by atoms with Crippen LogP contribution in [0.15, 0.2) is 91.1 Å². The molecule has 0 aliphatic carbocycles. The quantitative estimate of drug-likeness (QED) is 0.390. The van der Waals surface area contributed by atoms with Gasteiger partial charge in [-0.25, -0.2) is 13.9 Å². The summed E-state index contributed by atoms with van der Waals surface area (Å²) in [6.45, 7) is 0.722. The summed E-state index contributed by atoms with van der Waals surface area (Å²) in [5.74, 6) is -0.712. The number of hydrogen-bond acceptors (Lipinski definition) is 4. The highest BCUT2D eigenvalue weighted by molar-refractivity contribution is 6.05. The molecule has 1 fully saturated rings. The number of aromatic nitrogens is 2. The molecule has 4 aromatic rings. The lowest BCUT2D eigenvalue weighted by atomic mass is 10.1. The number of hydrogen-bond donors (Lipinski definition) is 1. The van der Waals surface area contributed by atoms with Gasteiger partial charge in [-0.2, -0.15) is 5.10 Å². The number of anilines is 2. The molecule has 35 heavy (non-hydrogen) atoms. The minimum Gasteiger partial charge on any atom is -0.447 e. The van der Waals surface area contributed by atoms with Gasteiger partial charge in [-0.3, -0.25) is 9.69 Å². The van der Waals surface area contributed by atoms with Crippen molar-refractivity contribution in [1.29, 1.82) is 0 Å². The van der Waals surface area contributed by atoms with Crippen LogP contribution in [0.2, 0.25) is 0 Å². The number of amides is 2. The molecule has 3 aromatic carbocycles. The maximum atomic E-state index is 13.5. The van der Waals surface area contributed by atoms with Crippen molar-refractivity contribution in [2.24, 2.45) is 0 Å². The Kier molecular flexibility index (Phi) is 6.09. The average Bonchev–Trinajstić information content (AvgIpc) is 3.50. The van der Waals surface area contributed by atoms with E-state index in [1.165, 1.54) is 23.1 Å². The fraction of sp³-hybridized carbons (Fsp3) is 0.0741. The van der Waals surface area contributed by atoms with Gasteiger partial charge in [-0.05, 0) is 54.6 Å². The second-order valence-electron chi connectivity index (χ2n) is 7.83. The molecular weight excluding hydrogens is 447 g/mol. The van der Waals surface area contributed by atoms with Gasteiger partial charge in [0.1, 0.15) is 12.4 Å². The Bertz CT molecular complexity index is 1400. The second kappa shape index (κ2) is 9.64. The number of nitrogens with one attached hydrogen (secondary N) is 1. The number of benzene rings is 3. The first kappa shape index (κ1) is 22.1. The van der Waals surface area contributed by atoms with Gasteiger partial charge in [0, 0.05) is 23.4 Å². The summed E-state index contributed by atoms with van der Waals surface area (Å²) in [6, 6.07) is 22.7. The van der Waals surface area contributed by atoms with E-state index in [0.29, 0.717) is 35.8 Å². The van der Waals surface area contributed by atoms with Crippen LogP contribution in [-0.4, -0.2) is 34.9 Å². The molecule has 2 amide bonds. The number of carbonyl (C=O) groups excluding carboxylic acids is 2. The number of carbonyl (C=O) groups is 2. The molecule has 1 saturated heterocycles. The molecule has 1 aliphatic heterocycles. The van der Waals surface area contributed by atoms with Crippen molar-refractivity contribution in [2.45, 2.75) is 0 Å². The van der Waals surface area contributed by atoms with E-state index in [1.807, 2.05) is 36.5 Å². The van der Waals surface area contributed by atoms with Gasteiger partial charge < -0.3 is 10.1 Å². The lowest BCUT2D eigenvalue weighted by molar-refractivity contribution is -0.111. The van der Waals surface area contributed by atoms with Crippen LogP contribution in [0.5, 0.6) is 0 Å². The highest BCUT2D eigenvalue weighted by Gasteiger charge is 2.25. The zero-order valence-corrected chi connectivity index (χ0v) is 18.6. The Morgan fingerprint density at radius 2 is 1.74 bits per heavy atom. The summed E-state index contributed by atoms with van der Waals surface area (Å²) in [6.07, 6.45) is 4.43. The molecule has 0 spiro atoms. The Labute approximate surface area is 201 Å². The van der Waals surface area contributed by atoms with Crippen molar-refractivity contribution in [1.82, 2.24) is 9.78 Å². The van der Waals surface area contributed by atoms with Crippen molar-refractivity contribution in [3.05, 3.63) is 103 Å². The maximum Gasteiger partial charge on any atom is 0.414 e. The zero-order chi connectivity index (χ0) is 24.2. The Morgan fingerprint density at radius 3 is 2.49 bits per heavy atom. The molecule has 0 bridgehead atoms. The summed E-state index contributed by atoms with van der Waals surface area (Å²) >= 11 is 0. The van der Waals surface area contributed by atoms with Gasteiger partial charge in [0.2, 0.25) is 5.91 Å². The SMILES string of the molecule is O=C(C=Cc1cn(-c2ccccc2)nc1-c1ccc(F)cc1)Nc1ccccc1N1CCOC1=O. The number of halogens is 1. The molecular formula is C27H21FN4O3. The molecule has 0 atom stereocenters. The number of ether oxygens (including phenoxy) is 1. The van der Waals surface area contributed by atoms with Crippen molar-refractivity contribution in [3.8, 4) is 16.9 Å². The standard InChI is InChI=1S/C27H21FN4O3/c28-21-13-10-19(11-14-21)26-20(18-32(30-26)22-6-2-1-3-7-22)12-15-25(33)29-23-8-4-5-9-24(23)31-16-17-35-27(31)34/h1-15,18H,16-17H2,(H,29,33). The van der Waals surface area contributed by atoms with Gasteiger partial charge in [0.25, 0.3) is 0 Å². The minimum absolute atomic E-state index is 0.304. The smallest absolute Gasteiger partial charge is 0.414 e. The molecule has 1 N–H and O–H groups in total. The zero-order valence-electron chi connectivity index (χ0n) is 18.6. The lowest BCUT2D eigenvalue weighted by Gasteiger charge is -2.17. The monoisotopic (exact) mass is 468 g/mol. The topological polar surface area (TPSA) is 76.5 Å². The first-order chi connectivity index (χ1) is 17.1. The van der Waals surface area contributed by atoms with Crippen LogP contribution in [0, 0.1) is 5.82 Å². The second-order valence-corrected chi connectivity index (χ2v) is 7.83. The number of cyclic esters (lactones) is 1. The molecule has 8 heteroatoms. The highest BCUT2D eigenvalue weighted by atomic mass is 19.1. The van der Waals surface area contributed by atoms with E-state index in [-0.39, 0.29) is 11.7 Å². The lowest BCUT2D eigenvalue weighted by Crippen LogP contribution is -2.25. The first-order valence-corrected chi connectivity index (χ1v) is 11.0. The summed E-state index contributed by atoms with van der Waals surface area (Å²) in [7, 11) is 0. The number of rotatable bonds is 6. The Morgan fingerprint density at radius 1 is 1.00 bits per heavy atom. The fourth-order valence-corrected chi connectivity index (χ4v) is 3.82. The molecule has 0 radical (unpaired) electrons. The van der Waals surface area contributed by atoms with E-state index in [2.05, 4.69) is 10.4 Å². The van der Waals surface area contributed by atoms with E-state index in [1.54, 1.807) is 47.2 Å². The molecule has 5 rings (SSSR count). The van der Waals surface area contributed by atoms with Crippen LogP contribution in [-0.2, 0) is 9.53 Å². The normalized spacial score (nSPS) is 13.3. The van der Waals surface area contributed by atoms with Gasteiger partial charge in [-0.15, -0.1) is 0 Å². The Hall–Kier alpha value is -4.72. The molecule has 0 unspecified atom stereocenters. The molecule has 174 valence electrons. The third kappa shape index (κ3) is 4.81. The van der Waals surface area contributed by atoms with Crippen LogP contribution >= 0.6 is 0 Å². The fourth-order valence-electron chi connectivity index (χ4n) is 3.82. The van der Waals surface area contributed by atoms with Gasteiger partial charge in [0.05, 0.1) is 29.3 Å². The van der Waals surface area contributed by atoms with E-state index < -0.39 is 6.09 Å². The van der Waals surface area contributed by atoms with E-state index in [0.717, 1.165) is 11.3 Å². The maximum absolute atomic E-state index is 13.5. The summed E-state index contributed by atoms with van der Waals surface area (Å²) in [4.78, 5) is 26.3. The van der Waals surface area contributed by atoms with Crippen LogP contribution < -0.4 is 10.2 Å². The molecule has 1 aromatic heterocycles. The third-order valence-corrected chi connectivity index (χ3v) is 5.51. The molecule has 2 heterocycles. The van der Waals surface area contributed by atoms with Crippen molar-refractivity contribution in [2.75, 3.05) is 23.4 Å². The van der Waals surface area contributed by atoms with Crippen LogP contribution in [0.4, 0.5) is 20.6 Å². The number of para-hydroxylation sites is 3. The van der Waals surface area contributed by atoms with Crippen LogP contribution in [0.25, 0.3) is 23.0 Å². The van der Waals surface area contributed by atoms with Crippen LogP contribution in [0.1, 0.15) is 5.56 Å². The molecule has 0 saturated carbocycles. The summed E-state index contributed by atoms with van der Waals surface area (Å²) in [5, 5.41) is 7.50. The van der Waals surface area contributed by atoms with Gasteiger partial charge in [-0.1, -0.05) is 30.3 Å². The van der Waals surface area contributed by atoms with Gasteiger partial charge in [0.15, 0.2) is 0 Å². The van der Waals surface area contributed by atoms with Crippen LogP contribution in [0.3, 0.4) is 0 Å². The Balaban J connectivity index is 1.43. The summed E-state index contributed by atoms with van der Waals surface area (Å²) in [5.41, 5.74) is 3.94. The van der Waals surface area contributed by atoms with Crippen molar-refractivity contribution >= 4 is 29.5 Å². The van der Waals surface area contributed by atoms with E-state index in [9.17, 15) is 14.0 Å². The minimum atomic E-state index is -0.445. The predicted molar refractivity (Wildman–Crippen MR) is 132 cm³/mol.